The van der Waals surface area contributed by atoms with Crippen molar-refractivity contribution >= 4 is 29.1 Å². The lowest BCUT2D eigenvalue weighted by atomic mass is 10.1. The lowest BCUT2D eigenvalue weighted by Crippen LogP contribution is -2.15. The Kier molecular flexibility index (Phi) is 5.97. The molecule has 3 aromatic rings. The second-order valence-electron chi connectivity index (χ2n) is 5.77. The first-order valence-corrected chi connectivity index (χ1v) is 9.44. The van der Waals surface area contributed by atoms with E-state index in [0.29, 0.717) is 23.0 Å². The Morgan fingerprint density at radius 1 is 1.19 bits per heavy atom. The zero-order chi connectivity index (χ0) is 19.2. The smallest absolute Gasteiger partial charge is 0.234 e. The van der Waals surface area contributed by atoms with Crippen LogP contribution in [0.25, 0.3) is 11.4 Å². The molecule has 2 aromatic heterocycles. The molecular weight excluding hydrogens is 362 g/mol. The zero-order valence-corrected chi connectivity index (χ0v) is 15.9. The number of ketones is 1. The van der Waals surface area contributed by atoms with Gasteiger partial charge in [0.1, 0.15) is 0 Å². The fourth-order valence-corrected chi connectivity index (χ4v) is 3.33. The first kappa shape index (κ1) is 18.8. The Morgan fingerprint density at radius 3 is 2.74 bits per heavy atom. The average molecular weight is 381 g/mol. The third-order valence-corrected chi connectivity index (χ3v) is 4.80. The van der Waals surface area contributed by atoms with Crippen molar-refractivity contribution in [2.75, 3.05) is 11.1 Å². The van der Waals surface area contributed by atoms with E-state index in [2.05, 4.69) is 20.5 Å². The number of nitrogens with one attached hydrogen (secondary N) is 1. The van der Waals surface area contributed by atoms with E-state index < -0.39 is 0 Å². The number of amides is 1. The number of Topliss-reactive ketones (excluding diaryl/α,β-unsaturated/α-hetero) is 1. The van der Waals surface area contributed by atoms with Gasteiger partial charge in [0.2, 0.25) is 5.91 Å². The monoisotopic (exact) mass is 381 g/mol. The van der Waals surface area contributed by atoms with Gasteiger partial charge in [0.05, 0.1) is 5.75 Å². The molecule has 1 N–H and O–H groups in total. The quantitative estimate of drug-likeness (QED) is 0.499. The third-order valence-electron chi connectivity index (χ3n) is 3.84. The van der Waals surface area contributed by atoms with Crippen LogP contribution >= 0.6 is 11.8 Å². The number of carbonyl (C=O) groups excluding carboxylic acids is 2. The predicted molar refractivity (Wildman–Crippen MR) is 105 cm³/mol. The molecule has 0 saturated carbocycles. The van der Waals surface area contributed by atoms with Crippen LogP contribution in [0.3, 0.4) is 0 Å². The highest BCUT2D eigenvalue weighted by Crippen LogP contribution is 2.23. The number of aromatic nitrogens is 4. The number of rotatable bonds is 7. The first-order chi connectivity index (χ1) is 13.1. The van der Waals surface area contributed by atoms with Crippen LogP contribution in [-0.2, 0) is 11.3 Å². The first-order valence-electron chi connectivity index (χ1n) is 8.45. The molecule has 3 rings (SSSR count). The normalized spacial score (nSPS) is 10.6. The van der Waals surface area contributed by atoms with E-state index in [0.717, 1.165) is 11.4 Å². The average Bonchev–Trinajstić information content (AvgIpc) is 3.10. The van der Waals surface area contributed by atoms with E-state index in [1.54, 1.807) is 36.7 Å². The van der Waals surface area contributed by atoms with Gasteiger partial charge < -0.3 is 9.88 Å². The van der Waals surface area contributed by atoms with Crippen molar-refractivity contribution in [3.63, 3.8) is 0 Å². The maximum Gasteiger partial charge on any atom is 0.234 e. The highest BCUT2D eigenvalue weighted by molar-refractivity contribution is 7.99. The van der Waals surface area contributed by atoms with Crippen LogP contribution in [0.4, 0.5) is 5.69 Å². The van der Waals surface area contributed by atoms with Crippen LogP contribution in [0.1, 0.15) is 24.2 Å². The van der Waals surface area contributed by atoms with Crippen LogP contribution in [0.5, 0.6) is 0 Å². The summed E-state index contributed by atoms with van der Waals surface area (Å²) in [4.78, 5) is 27.8. The molecule has 138 valence electrons. The van der Waals surface area contributed by atoms with Gasteiger partial charge in [0, 0.05) is 35.8 Å². The van der Waals surface area contributed by atoms with Crippen molar-refractivity contribution in [3.8, 4) is 11.4 Å². The molecule has 27 heavy (non-hydrogen) atoms. The molecule has 0 aliphatic carbocycles. The van der Waals surface area contributed by atoms with E-state index in [1.807, 2.05) is 23.6 Å². The Bertz CT molecular complexity index is 956. The Labute approximate surface area is 161 Å². The van der Waals surface area contributed by atoms with E-state index in [1.165, 1.54) is 18.7 Å². The van der Waals surface area contributed by atoms with Gasteiger partial charge in [-0.25, -0.2) is 0 Å². The second kappa shape index (κ2) is 8.59. The fraction of sp³-hybridized carbons (Fsp3) is 0.211. The molecule has 0 saturated heterocycles. The molecule has 0 atom stereocenters. The van der Waals surface area contributed by atoms with E-state index in [9.17, 15) is 9.59 Å². The lowest BCUT2D eigenvalue weighted by molar-refractivity contribution is -0.113. The van der Waals surface area contributed by atoms with Gasteiger partial charge in [-0.05, 0) is 38.1 Å². The molecule has 7 nitrogen and oxygen atoms in total. The number of nitrogens with zero attached hydrogens (tertiary/aromatic N) is 4. The number of carbonyl (C=O) groups is 2. The van der Waals surface area contributed by atoms with Crippen molar-refractivity contribution in [1.82, 2.24) is 19.7 Å². The van der Waals surface area contributed by atoms with Crippen LogP contribution in [-0.4, -0.2) is 37.2 Å². The molecule has 2 heterocycles. The zero-order valence-electron chi connectivity index (χ0n) is 15.0. The summed E-state index contributed by atoms with van der Waals surface area (Å²) in [6.07, 6.45) is 3.44. The molecule has 0 aliphatic heterocycles. The predicted octanol–water partition coefficient (Wildman–Crippen LogP) is 3.29. The van der Waals surface area contributed by atoms with Crippen molar-refractivity contribution in [2.45, 2.75) is 25.5 Å². The van der Waals surface area contributed by atoms with Crippen LogP contribution in [0, 0.1) is 0 Å². The molecule has 0 fully saturated rings. The number of thioether (sulfide) groups is 1. The van der Waals surface area contributed by atoms with Gasteiger partial charge in [-0.2, -0.15) is 0 Å². The molecule has 0 spiro atoms. The Balaban J connectivity index is 1.66. The van der Waals surface area contributed by atoms with Gasteiger partial charge in [-0.3, -0.25) is 14.6 Å². The summed E-state index contributed by atoms with van der Waals surface area (Å²) in [6.45, 7) is 4.18. The van der Waals surface area contributed by atoms with Crippen LogP contribution in [0.2, 0.25) is 0 Å². The second-order valence-corrected chi connectivity index (χ2v) is 6.71. The largest absolute Gasteiger partial charge is 0.325 e. The van der Waals surface area contributed by atoms with E-state index in [4.69, 9.17) is 0 Å². The van der Waals surface area contributed by atoms with Gasteiger partial charge in [-0.1, -0.05) is 23.9 Å². The number of anilines is 1. The highest BCUT2D eigenvalue weighted by Gasteiger charge is 2.15. The van der Waals surface area contributed by atoms with Crippen LogP contribution < -0.4 is 5.32 Å². The number of pyridine rings is 1. The fourth-order valence-electron chi connectivity index (χ4n) is 2.53. The number of benzene rings is 1. The molecule has 0 aliphatic rings. The topological polar surface area (TPSA) is 89.8 Å². The molecule has 8 heteroatoms. The summed E-state index contributed by atoms with van der Waals surface area (Å²) in [5, 5.41) is 11.9. The van der Waals surface area contributed by atoms with E-state index >= 15 is 0 Å². The van der Waals surface area contributed by atoms with Crippen molar-refractivity contribution < 1.29 is 9.59 Å². The minimum Gasteiger partial charge on any atom is -0.325 e. The lowest BCUT2D eigenvalue weighted by Gasteiger charge is -2.08. The van der Waals surface area contributed by atoms with Crippen molar-refractivity contribution in [1.29, 1.82) is 0 Å². The summed E-state index contributed by atoms with van der Waals surface area (Å²) in [7, 11) is 0. The standard InChI is InChI=1S/C19H19N5O2S/c1-3-24-18(15-7-5-9-20-11-15)22-23-19(24)27-12-17(26)21-16-8-4-6-14(10-16)13(2)25/h4-11H,3,12H2,1-2H3,(H,21,26). The van der Waals surface area contributed by atoms with Crippen LogP contribution in [0.15, 0.2) is 53.9 Å². The maximum atomic E-state index is 12.3. The third kappa shape index (κ3) is 4.59. The SMILES string of the molecule is CCn1c(SCC(=O)Nc2cccc(C(C)=O)c2)nnc1-c1cccnc1. The molecule has 0 unspecified atom stereocenters. The summed E-state index contributed by atoms with van der Waals surface area (Å²) < 4.78 is 1.95. The van der Waals surface area contributed by atoms with Crippen molar-refractivity contribution in [3.05, 3.63) is 54.4 Å². The van der Waals surface area contributed by atoms with Gasteiger partial charge in [0.15, 0.2) is 16.8 Å². The maximum absolute atomic E-state index is 12.3. The van der Waals surface area contributed by atoms with Gasteiger partial charge in [-0.15, -0.1) is 10.2 Å². The minimum atomic E-state index is -0.172. The summed E-state index contributed by atoms with van der Waals surface area (Å²) in [6, 6.07) is 10.7. The van der Waals surface area contributed by atoms with Gasteiger partial charge in [0.25, 0.3) is 0 Å². The van der Waals surface area contributed by atoms with E-state index in [-0.39, 0.29) is 17.4 Å². The molecule has 1 amide bonds. The molecule has 0 bridgehead atoms. The summed E-state index contributed by atoms with van der Waals surface area (Å²) in [5.41, 5.74) is 2.04. The summed E-state index contributed by atoms with van der Waals surface area (Å²) >= 11 is 1.31. The number of hydrogen-bond acceptors (Lipinski definition) is 6. The van der Waals surface area contributed by atoms with Crippen molar-refractivity contribution in [2.24, 2.45) is 0 Å². The highest BCUT2D eigenvalue weighted by atomic mass is 32.2. The Hall–Kier alpha value is -3.00. The number of hydrogen-bond donors (Lipinski definition) is 1. The minimum absolute atomic E-state index is 0.0422. The Morgan fingerprint density at radius 2 is 2.04 bits per heavy atom. The molecule has 1 aromatic carbocycles. The van der Waals surface area contributed by atoms with Gasteiger partial charge >= 0.3 is 0 Å². The molecular formula is C19H19N5O2S. The molecule has 0 radical (unpaired) electrons. The summed E-state index contributed by atoms with van der Waals surface area (Å²) in [5.74, 6) is 0.701.